The summed E-state index contributed by atoms with van der Waals surface area (Å²) in [7, 11) is 0. The molecule has 0 spiro atoms. The Morgan fingerprint density at radius 1 is 0.761 bits per heavy atom. The van der Waals surface area contributed by atoms with Crippen molar-refractivity contribution >= 4 is 55.9 Å². The van der Waals surface area contributed by atoms with E-state index in [-0.39, 0.29) is 21.1 Å². The first-order chi connectivity index (χ1) is 23.3. The zero-order chi connectivity index (χ0) is 33.0. The summed E-state index contributed by atoms with van der Waals surface area (Å²) in [5.74, 6) is 1.20. The normalized spacial score (nSPS) is 13.8. The third-order valence-corrected chi connectivity index (χ3v) is 8.24. The van der Waals surface area contributed by atoms with Gasteiger partial charge in [0, 0.05) is 44.2 Å². The van der Waals surface area contributed by atoms with Gasteiger partial charge in [-0.1, -0.05) is 79.3 Å². The third kappa shape index (κ3) is 5.04. The first kappa shape index (κ1) is 26.3. The zero-order valence-corrected chi connectivity index (χ0v) is 27.5. The number of para-hydroxylation sites is 4. The van der Waals surface area contributed by atoms with Gasteiger partial charge in [0.25, 0.3) is 0 Å². The summed E-state index contributed by atoms with van der Waals surface area (Å²) in [6.07, 6.45) is 1.88. The van der Waals surface area contributed by atoms with Crippen LogP contribution in [0.25, 0.3) is 27.6 Å². The van der Waals surface area contributed by atoms with Crippen LogP contribution in [-0.4, -0.2) is 21.5 Å². The van der Waals surface area contributed by atoms with E-state index in [1.54, 1.807) is 11.1 Å². The molecule has 1 aliphatic heterocycles. The number of nitrogens with zero attached hydrogens (tertiary/aromatic N) is 5. The predicted octanol–water partition coefficient (Wildman–Crippen LogP) is 9.80. The average molecular weight is 785 g/mol. The van der Waals surface area contributed by atoms with Crippen LogP contribution in [0.4, 0.5) is 34.1 Å². The summed E-state index contributed by atoms with van der Waals surface area (Å²) in [6.45, 7) is 1.93. The maximum absolute atomic E-state index is 8.08. The third-order valence-electron chi connectivity index (χ3n) is 8.24. The Morgan fingerprint density at radius 2 is 1.52 bits per heavy atom. The molecule has 230 valence electrons. The van der Waals surface area contributed by atoms with Crippen molar-refractivity contribution in [2.45, 2.75) is 19.8 Å². The van der Waals surface area contributed by atoms with Gasteiger partial charge in [0.05, 0.1) is 11.1 Å². The number of fused-ring (bicyclic) bond motifs is 4. The Morgan fingerprint density at radius 3 is 2.35 bits per heavy atom. The molecule has 0 fully saturated rings. The Labute approximate surface area is 287 Å². The van der Waals surface area contributed by atoms with E-state index in [1.165, 1.54) is 5.56 Å². The maximum Gasteiger partial charge on any atom is 0.145 e. The first-order valence-electron chi connectivity index (χ1n) is 16.5. The van der Waals surface area contributed by atoms with Crippen molar-refractivity contribution in [2.75, 3.05) is 22.0 Å². The second-order valence-corrected chi connectivity index (χ2v) is 11.4. The smallest absolute Gasteiger partial charge is 0.145 e. The fourth-order valence-corrected chi connectivity index (χ4v) is 6.04. The van der Waals surface area contributed by atoms with Gasteiger partial charge in [-0.3, -0.25) is 0 Å². The molecule has 0 saturated carbocycles. The molecule has 0 radical (unpaired) electrons. The second kappa shape index (κ2) is 12.1. The van der Waals surface area contributed by atoms with Crippen LogP contribution in [0, 0.1) is 12.1 Å². The van der Waals surface area contributed by atoms with Crippen molar-refractivity contribution < 1.29 is 30.1 Å². The fraction of sp³-hybridized carbons (Fsp3) is 0.103. The van der Waals surface area contributed by atoms with Crippen LogP contribution < -0.4 is 15.0 Å². The summed E-state index contributed by atoms with van der Waals surface area (Å²) < 4.78 is 26.4. The molecule has 1 aliphatic rings. The van der Waals surface area contributed by atoms with E-state index >= 15 is 0 Å². The molecular formula is C39H32N5OPt-. The van der Waals surface area contributed by atoms with Gasteiger partial charge in [-0.25, -0.2) is 4.98 Å². The Hall–Kier alpha value is -4.90. The first-order valence-corrected chi connectivity index (χ1v) is 15.0. The van der Waals surface area contributed by atoms with E-state index in [0.29, 0.717) is 23.0 Å². The van der Waals surface area contributed by atoms with Gasteiger partial charge < -0.3 is 9.47 Å². The van der Waals surface area contributed by atoms with Gasteiger partial charge >= 0.3 is 0 Å². The summed E-state index contributed by atoms with van der Waals surface area (Å²) in [4.78, 5) is 11.4. The topological polar surface area (TPSA) is 40.3 Å². The number of benzene rings is 5. The number of pyridine rings is 1. The number of anilines is 6. The van der Waals surface area contributed by atoms with Gasteiger partial charge in [-0.15, -0.1) is 45.8 Å². The Kier molecular flexibility index (Phi) is 6.94. The molecule has 7 aromatic rings. The number of hydrogen-bond donors (Lipinski definition) is 0. The van der Waals surface area contributed by atoms with Gasteiger partial charge in [0.1, 0.15) is 17.2 Å². The van der Waals surface area contributed by atoms with Gasteiger partial charge in [0.15, 0.2) is 0 Å². The molecule has 0 saturated heterocycles. The van der Waals surface area contributed by atoms with Crippen molar-refractivity contribution in [3.05, 3.63) is 145 Å². The van der Waals surface area contributed by atoms with E-state index in [2.05, 4.69) is 88.9 Å². The molecule has 1 N–H and O–H groups in total. The molecule has 0 unspecified atom stereocenters. The molecule has 0 aliphatic carbocycles. The van der Waals surface area contributed by atoms with Gasteiger partial charge in [-0.2, -0.15) is 17.1 Å². The minimum atomic E-state index is -2.44. The molecule has 7 heteroatoms. The second-order valence-electron chi connectivity index (χ2n) is 11.4. The Bertz CT molecular complexity index is 2290. The summed E-state index contributed by atoms with van der Waals surface area (Å²) in [5, 5.41) is 4.92. The van der Waals surface area contributed by atoms with Crippen molar-refractivity contribution in [3.8, 4) is 5.82 Å². The largest absolute Gasteiger partial charge is 0.358 e. The monoisotopic (exact) mass is 784 g/mol. The van der Waals surface area contributed by atoms with Crippen molar-refractivity contribution in [1.82, 2.24) is 9.55 Å². The van der Waals surface area contributed by atoms with Crippen molar-refractivity contribution in [2.24, 2.45) is 0 Å². The van der Waals surface area contributed by atoms with Crippen LogP contribution >= 0.6 is 0 Å². The molecule has 2 aromatic heterocycles. The SMILES string of the molecule is [2H]C([2H])([2H])N1[OH+]N(c2[c-]c(N(c3[c-]c4c(cc3)c3ccccc3n4-c3cc(C(C)C)ccn3)c3ccccc3)ccc2)c2ccccc21.[Pt]. The van der Waals surface area contributed by atoms with Crippen LogP contribution in [-0.2, 0) is 21.1 Å². The zero-order valence-electron chi connectivity index (χ0n) is 28.2. The molecule has 0 bridgehead atoms. The minimum Gasteiger partial charge on any atom is -0.358 e. The summed E-state index contributed by atoms with van der Waals surface area (Å²) >= 11 is 0. The van der Waals surface area contributed by atoms with Crippen molar-refractivity contribution in [1.29, 1.82) is 0 Å². The molecule has 3 heterocycles. The number of aromatic nitrogens is 2. The molecule has 8 rings (SSSR count). The quantitative estimate of drug-likeness (QED) is 0.124. The molecule has 0 amide bonds. The van der Waals surface area contributed by atoms with Crippen LogP contribution in [0.2, 0.25) is 0 Å². The summed E-state index contributed by atoms with van der Waals surface area (Å²) in [6, 6.07) is 47.4. The van der Waals surface area contributed by atoms with E-state index in [9.17, 15) is 0 Å². The molecular weight excluding hydrogens is 750 g/mol. The van der Waals surface area contributed by atoms with E-state index in [4.69, 9.17) is 9.10 Å². The fourth-order valence-electron chi connectivity index (χ4n) is 6.04. The van der Waals surface area contributed by atoms with Crippen LogP contribution in [0.3, 0.4) is 0 Å². The van der Waals surface area contributed by atoms with E-state index in [1.807, 2.05) is 72.9 Å². The van der Waals surface area contributed by atoms with Gasteiger partial charge in [0.2, 0.25) is 0 Å². The number of hydrogen-bond acceptors (Lipinski definition) is 4. The molecule has 5 aromatic carbocycles. The predicted molar refractivity (Wildman–Crippen MR) is 184 cm³/mol. The van der Waals surface area contributed by atoms with Gasteiger partial charge in [-0.05, 0) is 59.3 Å². The standard InChI is InChI=1S/C39H31N5O.Pt/c1-27(2)28-22-23-40-39(24-28)43-35-17-8-7-16-33(35)34-21-20-31(26-38(34)43)42(29-12-5-4-6-13-29)30-14-11-15-32(25-30)44-37-19-10-9-18-36(37)41(3)45-44;/h4-24,27H,1-3H3;/q-2;/p+1/i3D3;. The minimum absolute atomic E-state index is 0. The summed E-state index contributed by atoms with van der Waals surface area (Å²) in [5.41, 5.74) is 7.46. The van der Waals surface area contributed by atoms with E-state index < -0.39 is 6.98 Å². The number of hydroxylamine groups is 1. The molecule has 0 atom stereocenters. The Balaban J connectivity index is 0.00000378. The molecule has 46 heavy (non-hydrogen) atoms. The van der Waals surface area contributed by atoms with Crippen LogP contribution in [0.1, 0.15) is 29.4 Å². The van der Waals surface area contributed by atoms with Crippen LogP contribution in [0.15, 0.2) is 128 Å². The molecule has 6 nitrogen and oxygen atoms in total. The van der Waals surface area contributed by atoms with Crippen LogP contribution in [0.5, 0.6) is 0 Å². The maximum atomic E-state index is 8.08. The number of rotatable bonds is 6. The average Bonchev–Trinajstić information content (AvgIpc) is 3.66. The van der Waals surface area contributed by atoms with Crippen molar-refractivity contribution in [3.63, 3.8) is 0 Å². The van der Waals surface area contributed by atoms with E-state index in [0.717, 1.165) is 49.7 Å².